The van der Waals surface area contributed by atoms with Gasteiger partial charge in [-0.05, 0) is 95.4 Å². The van der Waals surface area contributed by atoms with Crippen LogP contribution in [0.25, 0.3) is 0 Å². The summed E-state index contributed by atoms with van der Waals surface area (Å²) in [4.78, 5) is 0. The van der Waals surface area contributed by atoms with Gasteiger partial charge in [-0.1, -0.05) is 111 Å². The summed E-state index contributed by atoms with van der Waals surface area (Å²) < 4.78 is 0. The van der Waals surface area contributed by atoms with Crippen molar-refractivity contribution in [3.63, 3.8) is 0 Å². The molecule has 0 amide bonds. The number of phenols is 5. The minimum Gasteiger partial charge on any atom is -0.508 e. The van der Waals surface area contributed by atoms with Gasteiger partial charge in [0.2, 0.25) is 0 Å². The van der Waals surface area contributed by atoms with Gasteiger partial charge < -0.3 is 25.5 Å². The summed E-state index contributed by atoms with van der Waals surface area (Å²) in [6, 6.07) is 48.0. The average molecular weight is 613 g/mol. The summed E-state index contributed by atoms with van der Waals surface area (Å²) in [6.07, 6.45) is 0. The number of aromatic hydroxyl groups is 5. The Morgan fingerprint density at radius 3 is 0.761 bits per heavy atom. The fourth-order valence-electron chi connectivity index (χ4n) is 5.21. The first-order valence-corrected chi connectivity index (χ1v) is 15.0. The molecule has 0 aliphatic rings. The van der Waals surface area contributed by atoms with Gasteiger partial charge in [-0.25, -0.2) is 0 Å². The van der Waals surface area contributed by atoms with Gasteiger partial charge in [-0.3, -0.25) is 0 Å². The van der Waals surface area contributed by atoms with Crippen molar-refractivity contribution >= 4 is 0 Å². The first kappa shape index (κ1) is 33.2. The minimum atomic E-state index is -0.470. The highest BCUT2D eigenvalue weighted by atomic mass is 16.3. The number of phenolic OH excluding ortho intramolecular Hbond substituents is 5. The summed E-state index contributed by atoms with van der Waals surface area (Å²) in [5, 5.41) is 46.5. The van der Waals surface area contributed by atoms with E-state index in [0.29, 0.717) is 11.5 Å². The lowest BCUT2D eigenvalue weighted by Gasteiger charge is -2.33. The molecule has 0 saturated heterocycles. The minimum absolute atomic E-state index is 0.223. The molecular formula is C41H40O5. The van der Waals surface area contributed by atoms with Crippen molar-refractivity contribution in [3.05, 3.63) is 186 Å². The maximum absolute atomic E-state index is 9.80. The Kier molecular flexibility index (Phi) is 10.7. The zero-order valence-corrected chi connectivity index (χ0v) is 26.2. The van der Waals surface area contributed by atoms with E-state index in [0.717, 1.165) is 22.3 Å². The van der Waals surface area contributed by atoms with Crippen LogP contribution in [0.5, 0.6) is 28.7 Å². The van der Waals surface area contributed by atoms with Crippen molar-refractivity contribution in [3.8, 4) is 28.7 Å². The summed E-state index contributed by atoms with van der Waals surface area (Å²) >= 11 is 0. The molecule has 5 heteroatoms. The molecule has 46 heavy (non-hydrogen) atoms. The Balaban J connectivity index is 0.000000280. The molecule has 0 spiro atoms. The van der Waals surface area contributed by atoms with Crippen LogP contribution in [0.3, 0.4) is 0 Å². The molecule has 0 radical (unpaired) electrons. The Hall–Kier alpha value is -5.68. The van der Waals surface area contributed by atoms with Gasteiger partial charge in [0.1, 0.15) is 28.7 Å². The third-order valence-electron chi connectivity index (χ3n) is 8.17. The van der Waals surface area contributed by atoms with Crippen molar-refractivity contribution in [2.75, 3.05) is 0 Å². The van der Waals surface area contributed by atoms with Crippen molar-refractivity contribution in [2.24, 2.45) is 0 Å². The first-order chi connectivity index (χ1) is 22.0. The number of hydrogen-bond donors (Lipinski definition) is 5. The molecule has 0 aliphatic carbocycles. The lowest BCUT2D eigenvalue weighted by molar-refractivity contribution is 0.473. The second kappa shape index (κ2) is 14.9. The van der Waals surface area contributed by atoms with Crippen molar-refractivity contribution in [1.82, 2.24) is 0 Å². The summed E-state index contributed by atoms with van der Waals surface area (Å²) in [7, 11) is 0. The average Bonchev–Trinajstić information content (AvgIpc) is 3.07. The molecule has 0 aromatic heterocycles. The smallest absolute Gasteiger partial charge is 0.115 e. The highest BCUT2D eigenvalue weighted by Gasteiger charge is 2.32. The van der Waals surface area contributed by atoms with Crippen molar-refractivity contribution < 1.29 is 25.5 Å². The number of para-hydroxylation sites is 2. The molecule has 0 fully saturated rings. The zero-order valence-electron chi connectivity index (χ0n) is 26.2. The van der Waals surface area contributed by atoms with E-state index in [1.165, 1.54) is 5.56 Å². The monoisotopic (exact) mass is 612 g/mol. The van der Waals surface area contributed by atoms with Crippen LogP contribution in [0.1, 0.15) is 48.6 Å². The van der Waals surface area contributed by atoms with Crippen molar-refractivity contribution in [2.45, 2.75) is 31.6 Å². The predicted molar refractivity (Wildman–Crippen MR) is 185 cm³/mol. The van der Waals surface area contributed by atoms with E-state index < -0.39 is 5.41 Å². The van der Waals surface area contributed by atoms with Crippen LogP contribution >= 0.6 is 0 Å². The highest BCUT2D eigenvalue weighted by Crippen LogP contribution is 2.41. The summed E-state index contributed by atoms with van der Waals surface area (Å²) in [6.45, 7) is 6.51. The van der Waals surface area contributed by atoms with Gasteiger partial charge in [0.05, 0.1) is 0 Å². The quantitative estimate of drug-likeness (QED) is 0.125. The topological polar surface area (TPSA) is 101 Å². The van der Waals surface area contributed by atoms with Crippen LogP contribution in [0.15, 0.2) is 158 Å². The molecule has 6 rings (SSSR count). The van der Waals surface area contributed by atoms with Gasteiger partial charge in [-0.2, -0.15) is 0 Å². The Labute approximate surface area is 271 Å². The zero-order chi connectivity index (χ0) is 33.2. The van der Waals surface area contributed by atoms with Crippen LogP contribution < -0.4 is 0 Å². The molecule has 234 valence electrons. The van der Waals surface area contributed by atoms with Gasteiger partial charge in [-0.15, -0.1) is 0 Å². The standard InChI is InChI=1S/C29H28O3.2C6H6O/c1-28(2,21-8-14-25(30)15-9-21)20-4-6-22(7-5-20)29(3,23-10-16-26(31)17-11-23)24-12-18-27(32)19-13-24;2*7-6-4-2-1-3-5-6/h4-19,30-32H,1-3H3;2*1-5,7H. The third kappa shape index (κ3) is 8.27. The largest absolute Gasteiger partial charge is 0.508 e. The number of rotatable bonds is 5. The van der Waals surface area contributed by atoms with E-state index in [4.69, 9.17) is 10.2 Å². The molecular weight excluding hydrogens is 572 g/mol. The molecule has 6 aromatic rings. The third-order valence-corrected chi connectivity index (χ3v) is 8.17. The predicted octanol–water partition coefficient (Wildman–Crippen LogP) is 9.27. The maximum Gasteiger partial charge on any atom is 0.115 e. The molecule has 0 saturated carbocycles. The van der Waals surface area contributed by atoms with Crippen LogP contribution in [-0.4, -0.2) is 25.5 Å². The fourth-order valence-corrected chi connectivity index (χ4v) is 5.21. The molecule has 0 unspecified atom stereocenters. The van der Waals surface area contributed by atoms with E-state index in [2.05, 4.69) is 45.0 Å². The van der Waals surface area contributed by atoms with Crippen molar-refractivity contribution in [1.29, 1.82) is 0 Å². The normalized spacial score (nSPS) is 10.9. The van der Waals surface area contributed by atoms with E-state index in [1.807, 2.05) is 48.5 Å². The Bertz CT molecular complexity index is 1680. The molecule has 0 atom stereocenters. The molecule has 5 nitrogen and oxygen atoms in total. The molecule has 0 heterocycles. The van der Waals surface area contributed by atoms with Crippen LogP contribution in [-0.2, 0) is 10.8 Å². The fraction of sp³-hybridized carbons (Fsp3) is 0.122. The van der Waals surface area contributed by atoms with E-state index >= 15 is 0 Å². The SMILES string of the molecule is CC(C)(c1ccc(O)cc1)c1ccc(C(C)(c2ccc(O)cc2)c2ccc(O)cc2)cc1.Oc1ccccc1.Oc1ccccc1. The number of benzene rings is 6. The first-order valence-electron chi connectivity index (χ1n) is 15.0. The second-order valence-electron chi connectivity index (χ2n) is 11.6. The van der Waals surface area contributed by atoms with Gasteiger partial charge in [0, 0.05) is 10.8 Å². The lowest BCUT2D eigenvalue weighted by atomic mass is 9.70. The van der Waals surface area contributed by atoms with E-state index in [9.17, 15) is 15.3 Å². The molecule has 0 bridgehead atoms. The lowest BCUT2D eigenvalue weighted by Crippen LogP contribution is -2.26. The highest BCUT2D eigenvalue weighted by molar-refractivity contribution is 5.52. The maximum atomic E-state index is 9.80. The van der Waals surface area contributed by atoms with Crippen LogP contribution in [0, 0.1) is 0 Å². The van der Waals surface area contributed by atoms with E-state index in [1.54, 1.807) is 84.9 Å². The molecule has 0 aliphatic heterocycles. The van der Waals surface area contributed by atoms with Gasteiger partial charge in [0.25, 0.3) is 0 Å². The summed E-state index contributed by atoms with van der Waals surface area (Å²) in [5.74, 6) is 1.36. The summed E-state index contributed by atoms with van der Waals surface area (Å²) in [5.41, 5.74) is 4.81. The van der Waals surface area contributed by atoms with Gasteiger partial charge in [0.15, 0.2) is 0 Å². The number of hydrogen-bond acceptors (Lipinski definition) is 5. The van der Waals surface area contributed by atoms with Crippen LogP contribution in [0.2, 0.25) is 0 Å². The van der Waals surface area contributed by atoms with Gasteiger partial charge >= 0.3 is 0 Å². The Morgan fingerprint density at radius 1 is 0.283 bits per heavy atom. The second-order valence-corrected chi connectivity index (χ2v) is 11.6. The molecule has 6 aromatic carbocycles. The van der Waals surface area contributed by atoms with Crippen LogP contribution in [0.4, 0.5) is 0 Å². The Morgan fingerprint density at radius 2 is 0.500 bits per heavy atom. The van der Waals surface area contributed by atoms with E-state index in [-0.39, 0.29) is 22.7 Å². The molecule has 5 N–H and O–H groups in total.